The lowest BCUT2D eigenvalue weighted by atomic mass is 10.1. The minimum Gasteiger partial charge on any atom is -0.385 e. The van der Waals surface area contributed by atoms with Crippen LogP contribution in [0.2, 0.25) is 0 Å². The van der Waals surface area contributed by atoms with Gasteiger partial charge in [0.25, 0.3) is 0 Å². The van der Waals surface area contributed by atoms with Gasteiger partial charge >= 0.3 is 0 Å². The molecule has 1 saturated heterocycles. The molecule has 2 amide bonds. The highest BCUT2D eigenvalue weighted by atomic mass is 16.5. The van der Waals surface area contributed by atoms with Gasteiger partial charge < -0.3 is 15.0 Å². The first-order valence-corrected chi connectivity index (χ1v) is 5.79. The van der Waals surface area contributed by atoms with Crippen molar-refractivity contribution in [3.8, 4) is 0 Å². The molecule has 0 aromatic rings. The molecule has 1 aliphatic heterocycles. The first kappa shape index (κ1) is 11.4. The third-order valence-corrected chi connectivity index (χ3v) is 3.10. The molecule has 0 radical (unpaired) electrons. The van der Waals surface area contributed by atoms with Gasteiger partial charge in [0.05, 0.1) is 6.54 Å². The van der Waals surface area contributed by atoms with Crippen LogP contribution in [0.15, 0.2) is 0 Å². The number of carbonyl (C=O) groups is 2. The van der Waals surface area contributed by atoms with E-state index in [0.717, 1.165) is 19.3 Å². The second-order valence-electron chi connectivity index (χ2n) is 4.49. The molecule has 1 N–H and O–H groups in total. The van der Waals surface area contributed by atoms with Crippen LogP contribution in [0.4, 0.5) is 0 Å². The zero-order chi connectivity index (χ0) is 11.5. The Balaban J connectivity index is 1.89. The van der Waals surface area contributed by atoms with Crippen molar-refractivity contribution in [1.82, 2.24) is 10.2 Å². The average Bonchev–Trinajstić information content (AvgIpc) is 3.06. The summed E-state index contributed by atoms with van der Waals surface area (Å²) in [5, 5.41) is 2.79. The second-order valence-corrected chi connectivity index (χ2v) is 4.49. The van der Waals surface area contributed by atoms with E-state index in [1.54, 1.807) is 12.0 Å². The molecule has 1 saturated carbocycles. The van der Waals surface area contributed by atoms with Crippen molar-refractivity contribution in [2.45, 2.75) is 25.3 Å². The molecule has 0 aromatic carbocycles. The Morgan fingerprint density at radius 1 is 1.44 bits per heavy atom. The smallest absolute Gasteiger partial charge is 0.245 e. The molecule has 5 heteroatoms. The first-order chi connectivity index (χ1) is 7.72. The Hall–Kier alpha value is -1.10. The summed E-state index contributed by atoms with van der Waals surface area (Å²) in [5.74, 6) is 0.425. The molecular weight excluding hydrogens is 208 g/mol. The van der Waals surface area contributed by atoms with Gasteiger partial charge in [0.2, 0.25) is 11.8 Å². The third kappa shape index (κ3) is 2.52. The first-order valence-electron chi connectivity index (χ1n) is 5.79. The number of rotatable bonds is 5. The zero-order valence-corrected chi connectivity index (χ0v) is 9.57. The summed E-state index contributed by atoms with van der Waals surface area (Å²) in [6, 6.07) is -0.260. The number of piperazine rings is 1. The normalized spacial score (nSPS) is 25.8. The molecule has 2 fully saturated rings. The lowest BCUT2D eigenvalue weighted by Gasteiger charge is -2.32. The number of methoxy groups -OCH3 is 1. The van der Waals surface area contributed by atoms with Crippen LogP contribution in [0, 0.1) is 5.92 Å². The Kier molecular flexibility index (Phi) is 3.43. The van der Waals surface area contributed by atoms with Gasteiger partial charge in [-0.3, -0.25) is 9.59 Å². The van der Waals surface area contributed by atoms with Gasteiger partial charge in [-0.25, -0.2) is 0 Å². The van der Waals surface area contributed by atoms with Crippen molar-refractivity contribution < 1.29 is 14.3 Å². The molecule has 0 aromatic heterocycles. The maximum atomic E-state index is 12.0. The highest BCUT2D eigenvalue weighted by Crippen LogP contribution is 2.34. The van der Waals surface area contributed by atoms with Crippen molar-refractivity contribution in [2.24, 2.45) is 5.92 Å². The van der Waals surface area contributed by atoms with E-state index >= 15 is 0 Å². The van der Waals surface area contributed by atoms with E-state index in [1.165, 1.54) is 0 Å². The lowest BCUT2D eigenvalue weighted by Crippen LogP contribution is -2.59. The van der Waals surface area contributed by atoms with Crippen LogP contribution in [0.25, 0.3) is 0 Å². The predicted molar refractivity (Wildman–Crippen MR) is 57.7 cm³/mol. The number of hydrogen-bond donors (Lipinski definition) is 1. The summed E-state index contributed by atoms with van der Waals surface area (Å²) >= 11 is 0. The third-order valence-electron chi connectivity index (χ3n) is 3.10. The monoisotopic (exact) mass is 226 g/mol. The van der Waals surface area contributed by atoms with Crippen LogP contribution in [0.3, 0.4) is 0 Å². The number of amides is 2. The van der Waals surface area contributed by atoms with Crippen molar-refractivity contribution in [2.75, 3.05) is 26.8 Å². The molecule has 2 aliphatic rings. The Labute approximate surface area is 95.1 Å². The number of nitrogens with one attached hydrogen (secondary N) is 1. The fraction of sp³-hybridized carbons (Fsp3) is 0.818. The molecule has 2 rings (SSSR count). The molecule has 0 spiro atoms. The van der Waals surface area contributed by atoms with Gasteiger partial charge in [-0.15, -0.1) is 0 Å². The minimum absolute atomic E-state index is 0.0334. The van der Waals surface area contributed by atoms with Crippen LogP contribution in [0.1, 0.15) is 19.3 Å². The maximum Gasteiger partial charge on any atom is 0.245 e. The summed E-state index contributed by atoms with van der Waals surface area (Å²) < 4.78 is 4.94. The molecule has 1 unspecified atom stereocenters. The largest absolute Gasteiger partial charge is 0.385 e. The summed E-state index contributed by atoms with van der Waals surface area (Å²) in [6.45, 7) is 1.44. The lowest BCUT2D eigenvalue weighted by molar-refractivity contribution is -0.145. The van der Waals surface area contributed by atoms with Gasteiger partial charge in [-0.1, -0.05) is 0 Å². The van der Waals surface area contributed by atoms with Gasteiger partial charge in [-0.2, -0.15) is 0 Å². The van der Waals surface area contributed by atoms with E-state index in [4.69, 9.17) is 4.74 Å². The predicted octanol–water partition coefficient (Wildman–Crippen LogP) is -0.240. The SMILES string of the molecule is COCCCN1CC(=O)NC(C2CC2)C1=O. The fourth-order valence-electron chi connectivity index (χ4n) is 2.07. The highest BCUT2D eigenvalue weighted by Gasteiger charge is 2.42. The molecule has 1 heterocycles. The Morgan fingerprint density at radius 2 is 2.19 bits per heavy atom. The zero-order valence-electron chi connectivity index (χ0n) is 9.57. The summed E-state index contributed by atoms with van der Waals surface area (Å²) in [7, 11) is 1.64. The Morgan fingerprint density at radius 3 is 2.81 bits per heavy atom. The highest BCUT2D eigenvalue weighted by molar-refractivity contribution is 5.95. The van der Waals surface area contributed by atoms with Gasteiger partial charge in [0.1, 0.15) is 6.04 Å². The molecule has 5 nitrogen and oxygen atoms in total. The van der Waals surface area contributed by atoms with Crippen LogP contribution < -0.4 is 5.32 Å². The summed E-state index contributed by atoms with van der Waals surface area (Å²) in [4.78, 5) is 25.1. The molecule has 16 heavy (non-hydrogen) atoms. The number of hydrogen-bond acceptors (Lipinski definition) is 3. The van der Waals surface area contributed by atoms with E-state index in [2.05, 4.69) is 5.32 Å². The Bertz CT molecular complexity index is 289. The second kappa shape index (κ2) is 4.82. The van der Waals surface area contributed by atoms with E-state index in [-0.39, 0.29) is 24.4 Å². The van der Waals surface area contributed by atoms with Crippen molar-refractivity contribution in [3.63, 3.8) is 0 Å². The van der Waals surface area contributed by atoms with Crippen molar-refractivity contribution in [3.05, 3.63) is 0 Å². The van der Waals surface area contributed by atoms with E-state index in [1.807, 2.05) is 0 Å². The molecule has 90 valence electrons. The van der Waals surface area contributed by atoms with Gasteiger partial charge in [-0.05, 0) is 25.2 Å². The van der Waals surface area contributed by atoms with E-state index < -0.39 is 0 Å². The van der Waals surface area contributed by atoms with Crippen LogP contribution in [-0.2, 0) is 14.3 Å². The summed E-state index contributed by atoms with van der Waals surface area (Å²) in [5.41, 5.74) is 0. The summed E-state index contributed by atoms with van der Waals surface area (Å²) in [6.07, 6.45) is 2.90. The standard InChI is InChI=1S/C11H18N2O3/c1-16-6-2-5-13-7-9(14)12-10(11(13)15)8-3-4-8/h8,10H,2-7H2,1H3,(H,12,14). The van der Waals surface area contributed by atoms with Crippen molar-refractivity contribution >= 4 is 11.8 Å². The number of nitrogens with zero attached hydrogens (tertiary/aromatic N) is 1. The number of carbonyl (C=O) groups excluding carboxylic acids is 2. The topological polar surface area (TPSA) is 58.6 Å². The maximum absolute atomic E-state index is 12.0. The number of ether oxygens (including phenoxy) is 1. The van der Waals surface area contributed by atoms with Crippen LogP contribution in [0.5, 0.6) is 0 Å². The van der Waals surface area contributed by atoms with Crippen LogP contribution in [-0.4, -0.2) is 49.6 Å². The van der Waals surface area contributed by atoms with Crippen molar-refractivity contribution in [1.29, 1.82) is 0 Å². The van der Waals surface area contributed by atoms with E-state index in [0.29, 0.717) is 19.1 Å². The van der Waals surface area contributed by atoms with Crippen LogP contribution >= 0.6 is 0 Å². The average molecular weight is 226 g/mol. The van der Waals surface area contributed by atoms with E-state index in [9.17, 15) is 9.59 Å². The molecule has 1 aliphatic carbocycles. The van der Waals surface area contributed by atoms with Gasteiger partial charge in [0, 0.05) is 20.3 Å². The molecule has 1 atom stereocenters. The van der Waals surface area contributed by atoms with Gasteiger partial charge in [0.15, 0.2) is 0 Å². The quantitative estimate of drug-likeness (QED) is 0.658. The molecule has 0 bridgehead atoms. The fourth-order valence-corrected chi connectivity index (χ4v) is 2.07. The minimum atomic E-state index is -0.260. The molecular formula is C11H18N2O3.